The molecule has 0 spiro atoms. The summed E-state index contributed by atoms with van der Waals surface area (Å²) in [5.74, 6) is -1.14. The third-order valence-corrected chi connectivity index (χ3v) is 0.747. The Hall–Kier alpha value is -0.120. The largest absolute Gasteiger partial charge is 0.394 e. The first-order valence-electron chi connectivity index (χ1n) is 2.97. The highest BCUT2D eigenvalue weighted by Crippen LogP contribution is 2.06. The zero-order chi connectivity index (χ0) is 7.49. The maximum Gasteiger partial charge on any atom is 0.160 e. The maximum absolute atomic E-state index is 8.99. The normalized spacial score (nSPS) is 15.7. The van der Waals surface area contributed by atoms with Crippen molar-refractivity contribution in [2.45, 2.75) is 32.7 Å². The first-order valence-corrected chi connectivity index (χ1v) is 2.97. The molecule has 1 unspecified atom stereocenters. The molecule has 3 heteroatoms. The molecule has 0 saturated carbocycles. The first-order chi connectivity index (χ1) is 3.95. The summed E-state index contributed by atoms with van der Waals surface area (Å²) < 4.78 is 4.89. The summed E-state index contributed by atoms with van der Waals surface area (Å²) in [5, 5.41) is 17.4. The fourth-order valence-electron chi connectivity index (χ4n) is 0.530. The quantitative estimate of drug-likeness (QED) is 0.539. The van der Waals surface area contributed by atoms with Gasteiger partial charge in [0, 0.05) is 0 Å². The van der Waals surface area contributed by atoms with E-state index in [1.807, 2.05) is 0 Å². The van der Waals surface area contributed by atoms with Crippen LogP contribution in [-0.4, -0.2) is 28.7 Å². The van der Waals surface area contributed by atoms with Gasteiger partial charge in [0.2, 0.25) is 0 Å². The lowest BCUT2D eigenvalue weighted by molar-refractivity contribution is -0.207. The smallest absolute Gasteiger partial charge is 0.160 e. The summed E-state index contributed by atoms with van der Waals surface area (Å²) in [6, 6.07) is 0. The predicted octanol–water partition coefficient (Wildman–Crippen LogP) is 0.112. The summed E-state index contributed by atoms with van der Waals surface area (Å²) >= 11 is 0. The van der Waals surface area contributed by atoms with E-state index in [9.17, 15) is 0 Å². The van der Waals surface area contributed by atoms with Crippen molar-refractivity contribution < 1.29 is 14.9 Å². The Morgan fingerprint density at radius 1 is 1.56 bits per heavy atom. The van der Waals surface area contributed by atoms with Crippen LogP contribution in [-0.2, 0) is 4.74 Å². The van der Waals surface area contributed by atoms with Crippen molar-refractivity contribution in [3.63, 3.8) is 0 Å². The molecule has 3 nitrogen and oxygen atoms in total. The van der Waals surface area contributed by atoms with Gasteiger partial charge in [-0.2, -0.15) is 0 Å². The monoisotopic (exact) mass is 134 g/mol. The average Bonchev–Trinajstić information content (AvgIpc) is 1.62. The van der Waals surface area contributed by atoms with Gasteiger partial charge in [-0.25, -0.2) is 0 Å². The van der Waals surface area contributed by atoms with E-state index in [1.54, 1.807) is 6.92 Å². The van der Waals surface area contributed by atoms with Crippen LogP contribution in [0.4, 0.5) is 0 Å². The van der Waals surface area contributed by atoms with Crippen molar-refractivity contribution in [1.29, 1.82) is 0 Å². The number of hydrogen-bond donors (Lipinski definition) is 2. The summed E-state index contributed by atoms with van der Waals surface area (Å²) in [6.07, 6.45) is -0.301. The number of ether oxygens (including phenoxy) is 1. The second-order valence-electron chi connectivity index (χ2n) is 2.56. The molecular weight excluding hydrogens is 120 g/mol. The minimum Gasteiger partial charge on any atom is -0.394 e. The highest BCUT2D eigenvalue weighted by molar-refractivity contribution is 4.53. The van der Waals surface area contributed by atoms with Gasteiger partial charge >= 0.3 is 0 Å². The Bertz CT molecular complexity index is 74.9. The van der Waals surface area contributed by atoms with Crippen molar-refractivity contribution in [3.8, 4) is 0 Å². The molecule has 0 fully saturated rings. The van der Waals surface area contributed by atoms with E-state index < -0.39 is 5.79 Å². The van der Waals surface area contributed by atoms with E-state index in [-0.39, 0.29) is 12.7 Å². The lowest BCUT2D eigenvalue weighted by Gasteiger charge is -2.21. The topological polar surface area (TPSA) is 49.7 Å². The van der Waals surface area contributed by atoms with E-state index in [1.165, 1.54) is 13.8 Å². The van der Waals surface area contributed by atoms with Gasteiger partial charge in [0.1, 0.15) is 0 Å². The molecule has 9 heavy (non-hydrogen) atoms. The van der Waals surface area contributed by atoms with Gasteiger partial charge in [-0.1, -0.05) is 0 Å². The zero-order valence-electron chi connectivity index (χ0n) is 6.09. The fourth-order valence-corrected chi connectivity index (χ4v) is 0.530. The molecule has 0 heterocycles. The van der Waals surface area contributed by atoms with Crippen LogP contribution < -0.4 is 0 Å². The molecular formula is C6H14O3. The van der Waals surface area contributed by atoms with Crippen LogP contribution in [0.2, 0.25) is 0 Å². The third kappa shape index (κ3) is 5.76. The highest BCUT2D eigenvalue weighted by Gasteiger charge is 2.15. The van der Waals surface area contributed by atoms with Gasteiger partial charge in [0.15, 0.2) is 5.79 Å². The summed E-state index contributed by atoms with van der Waals surface area (Å²) in [4.78, 5) is 0. The van der Waals surface area contributed by atoms with Gasteiger partial charge in [-0.3, -0.25) is 0 Å². The Morgan fingerprint density at radius 2 is 2.00 bits per heavy atom. The molecule has 0 bridgehead atoms. The van der Waals surface area contributed by atoms with Gasteiger partial charge in [0.25, 0.3) is 0 Å². The molecule has 0 aromatic heterocycles. The second-order valence-corrected chi connectivity index (χ2v) is 2.56. The molecule has 56 valence electrons. The Labute approximate surface area is 55.3 Å². The van der Waals surface area contributed by atoms with Crippen molar-refractivity contribution in [3.05, 3.63) is 0 Å². The summed E-state index contributed by atoms with van der Waals surface area (Å²) in [5.41, 5.74) is 0. The average molecular weight is 134 g/mol. The van der Waals surface area contributed by atoms with Crippen molar-refractivity contribution >= 4 is 0 Å². The van der Waals surface area contributed by atoms with Crippen LogP contribution in [0.25, 0.3) is 0 Å². The number of rotatable bonds is 3. The van der Waals surface area contributed by atoms with E-state index in [0.717, 1.165) is 0 Å². The number of hydrogen-bond acceptors (Lipinski definition) is 3. The molecule has 0 aromatic carbocycles. The van der Waals surface area contributed by atoms with E-state index >= 15 is 0 Å². The molecule has 0 amide bonds. The molecule has 0 aliphatic carbocycles. The molecule has 0 saturated heterocycles. The van der Waals surface area contributed by atoms with Crippen LogP contribution in [0.3, 0.4) is 0 Å². The van der Waals surface area contributed by atoms with Crippen LogP contribution >= 0.6 is 0 Å². The SMILES string of the molecule is CC(CO)OC(C)(C)O. The van der Waals surface area contributed by atoms with E-state index in [2.05, 4.69) is 0 Å². The first kappa shape index (κ1) is 8.88. The van der Waals surface area contributed by atoms with Gasteiger partial charge in [-0.15, -0.1) is 0 Å². The van der Waals surface area contributed by atoms with Crippen molar-refractivity contribution in [2.24, 2.45) is 0 Å². The minimum atomic E-state index is -1.14. The lowest BCUT2D eigenvalue weighted by Crippen LogP contribution is -2.30. The fraction of sp³-hybridized carbons (Fsp3) is 1.00. The molecule has 1 atom stereocenters. The zero-order valence-corrected chi connectivity index (χ0v) is 6.09. The highest BCUT2D eigenvalue weighted by atomic mass is 16.6. The van der Waals surface area contributed by atoms with Gasteiger partial charge in [-0.05, 0) is 20.8 Å². The van der Waals surface area contributed by atoms with Gasteiger partial charge < -0.3 is 14.9 Å². The second kappa shape index (κ2) is 3.15. The standard InChI is InChI=1S/C6H14O3/c1-5(4-7)9-6(2,3)8/h5,7-8H,4H2,1-3H3. The number of aliphatic hydroxyl groups is 2. The maximum atomic E-state index is 8.99. The molecule has 0 aliphatic heterocycles. The van der Waals surface area contributed by atoms with Crippen LogP contribution in [0.5, 0.6) is 0 Å². The molecule has 0 aromatic rings. The Balaban J connectivity index is 3.47. The summed E-state index contributed by atoms with van der Waals surface area (Å²) in [6.45, 7) is 4.68. The Kier molecular flexibility index (Phi) is 3.11. The minimum absolute atomic E-state index is 0.0655. The van der Waals surface area contributed by atoms with Crippen LogP contribution in [0.1, 0.15) is 20.8 Å². The Morgan fingerprint density at radius 3 is 2.11 bits per heavy atom. The van der Waals surface area contributed by atoms with Crippen molar-refractivity contribution in [2.75, 3.05) is 6.61 Å². The summed E-state index contributed by atoms with van der Waals surface area (Å²) in [7, 11) is 0. The third-order valence-electron chi connectivity index (χ3n) is 0.747. The van der Waals surface area contributed by atoms with Crippen LogP contribution in [0, 0.1) is 0 Å². The van der Waals surface area contributed by atoms with E-state index in [0.29, 0.717) is 0 Å². The predicted molar refractivity (Wildman–Crippen MR) is 33.9 cm³/mol. The molecule has 0 rings (SSSR count). The van der Waals surface area contributed by atoms with E-state index in [4.69, 9.17) is 14.9 Å². The number of aliphatic hydroxyl groups excluding tert-OH is 1. The van der Waals surface area contributed by atoms with Gasteiger partial charge in [0.05, 0.1) is 12.7 Å². The molecule has 2 N–H and O–H groups in total. The van der Waals surface area contributed by atoms with Crippen LogP contribution in [0.15, 0.2) is 0 Å². The van der Waals surface area contributed by atoms with Crippen molar-refractivity contribution in [1.82, 2.24) is 0 Å². The molecule has 0 aliphatic rings. The molecule has 0 radical (unpaired) electrons. The lowest BCUT2D eigenvalue weighted by atomic mass is 10.3.